The van der Waals surface area contributed by atoms with E-state index in [0.717, 1.165) is 6.42 Å². The fourth-order valence-electron chi connectivity index (χ4n) is 1.73. The molecule has 15 heavy (non-hydrogen) atoms. The molecule has 0 spiro atoms. The molecule has 2 N–H and O–H groups in total. The third kappa shape index (κ3) is 14.3. The Balaban J connectivity index is 2.87. The van der Waals surface area contributed by atoms with E-state index in [2.05, 4.69) is 6.92 Å². The molecular formula is C12H27NOS. The monoisotopic (exact) mass is 233 g/mol. The Hall–Kier alpha value is 0.270. The van der Waals surface area contributed by atoms with Crippen LogP contribution in [-0.4, -0.2) is 10.3 Å². The third-order valence-electron chi connectivity index (χ3n) is 2.70. The van der Waals surface area contributed by atoms with Gasteiger partial charge in [-0.3, -0.25) is 0 Å². The highest BCUT2D eigenvalue weighted by atomic mass is 32.2. The summed E-state index contributed by atoms with van der Waals surface area (Å²) in [6.45, 7) is 2.25. The van der Waals surface area contributed by atoms with Crippen molar-refractivity contribution in [1.29, 1.82) is 0 Å². The highest BCUT2D eigenvalue weighted by Gasteiger charge is 1.97. The van der Waals surface area contributed by atoms with Gasteiger partial charge < -0.3 is 4.55 Å². The average molecular weight is 233 g/mol. The maximum atomic E-state index is 10.6. The lowest BCUT2D eigenvalue weighted by Gasteiger charge is -2.03. The van der Waals surface area contributed by atoms with Crippen molar-refractivity contribution in [2.75, 3.05) is 5.75 Å². The van der Waals surface area contributed by atoms with Gasteiger partial charge in [-0.15, -0.1) is 0 Å². The first-order valence-corrected chi connectivity index (χ1v) is 7.78. The minimum atomic E-state index is -1.08. The maximum Gasteiger partial charge on any atom is 0.125 e. The molecule has 0 radical (unpaired) electrons. The Bertz CT molecular complexity index is 120. The van der Waals surface area contributed by atoms with Crippen molar-refractivity contribution in [3.63, 3.8) is 0 Å². The molecule has 3 heteroatoms. The van der Waals surface area contributed by atoms with Crippen molar-refractivity contribution in [3.05, 3.63) is 0 Å². The Morgan fingerprint density at radius 1 is 0.800 bits per heavy atom. The summed E-state index contributed by atoms with van der Waals surface area (Å²) in [4.78, 5) is 0. The molecule has 0 saturated carbocycles. The molecule has 0 rings (SSSR count). The van der Waals surface area contributed by atoms with Crippen molar-refractivity contribution >= 4 is 11.4 Å². The molecule has 0 amide bonds. The summed E-state index contributed by atoms with van der Waals surface area (Å²) in [7, 11) is 0. The summed E-state index contributed by atoms with van der Waals surface area (Å²) in [6, 6.07) is 0. The van der Waals surface area contributed by atoms with Crippen LogP contribution in [0.4, 0.5) is 0 Å². The van der Waals surface area contributed by atoms with Gasteiger partial charge in [0, 0.05) is 11.4 Å². The largest absolute Gasteiger partial charge is 0.598 e. The van der Waals surface area contributed by atoms with E-state index in [0.29, 0.717) is 5.75 Å². The Morgan fingerprint density at radius 2 is 1.20 bits per heavy atom. The second-order valence-corrected chi connectivity index (χ2v) is 5.44. The van der Waals surface area contributed by atoms with Gasteiger partial charge in [-0.1, -0.05) is 58.3 Å². The molecule has 0 aromatic heterocycles. The molecule has 0 saturated heterocycles. The molecule has 2 nitrogen and oxygen atoms in total. The highest BCUT2D eigenvalue weighted by molar-refractivity contribution is 7.89. The van der Waals surface area contributed by atoms with Crippen LogP contribution in [-0.2, 0) is 11.4 Å². The van der Waals surface area contributed by atoms with Crippen LogP contribution >= 0.6 is 0 Å². The van der Waals surface area contributed by atoms with E-state index in [-0.39, 0.29) is 0 Å². The molecule has 1 unspecified atom stereocenters. The summed E-state index contributed by atoms with van der Waals surface area (Å²) in [5.74, 6) is 0.677. The predicted molar refractivity (Wildman–Crippen MR) is 69.0 cm³/mol. The van der Waals surface area contributed by atoms with Crippen molar-refractivity contribution in [2.24, 2.45) is 5.14 Å². The first-order valence-electron chi connectivity index (χ1n) is 6.40. The molecule has 0 aliphatic carbocycles. The minimum Gasteiger partial charge on any atom is -0.598 e. The van der Waals surface area contributed by atoms with Gasteiger partial charge in [0.15, 0.2) is 0 Å². The van der Waals surface area contributed by atoms with Crippen LogP contribution in [0, 0.1) is 0 Å². The molecule has 0 aliphatic rings. The minimum absolute atomic E-state index is 0.677. The Kier molecular flexibility index (Phi) is 12.6. The van der Waals surface area contributed by atoms with Gasteiger partial charge in [-0.05, 0) is 12.8 Å². The van der Waals surface area contributed by atoms with Gasteiger partial charge in [-0.2, -0.15) is 5.14 Å². The predicted octanol–water partition coefficient (Wildman–Crippen LogP) is 3.53. The number of hydrogen-bond acceptors (Lipinski definition) is 2. The fraction of sp³-hybridized carbons (Fsp3) is 1.00. The lowest BCUT2D eigenvalue weighted by Crippen LogP contribution is -2.16. The van der Waals surface area contributed by atoms with Gasteiger partial charge in [-0.25, -0.2) is 0 Å². The summed E-state index contributed by atoms with van der Waals surface area (Å²) in [5, 5.41) is 5.17. The van der Waals surface area contributed by atoms with E-state index < -0.39 is 11.4 Å². The molecule has 1 atom stereocenters. The quantitative estimate of drug-likeness (QED) is 0.438. The van der Waals surface area contributed by atoms with E-state index in [1.165, 1.54) is 57.8 Å². The van der Waals surface area contributed by atoms with Crippen LogP contribution in [0.2, 0.25) is 0 Å². The number of hydrogen-bond donors (Lipinski definition) is 1. The van der Waals surface area contributed by atoms with E-state index >= 15 is 0 Å². The first-order chi connectivity index (χ1) is 7.27. The highest BCUT2D eigenvalue weighted by Crippen LogP contribution is 2.10. The third-order valence-corrected chi connectivity index (χ3v) is 3.39. The van der Waals surface area contributed by atoms with E-state index in [9.17, 15) is 4.55 Å². The maximum absolute atomic E-state index is 10.6. The van der Waals surface area contributed by atoms with Crippen LogP contribution < -0.4 is 5.14 Å². The average Bonchev–Trinajstić information content (AvgIpc) is 2.20. The van der Waals surface area contributed by atoms with Crippen LogP contribution in [0.3, 0.4) is 0 Å². The van der Waals surface area contributed by atoms with Crippen molar-refractivity contribution in [1.82, 2.24) is 0 Å². The van der Waals surface area contributed by atoms with Crippen LogP contribution in [0.1, 0.15) is 71.1 Å². The number of rotatable bonds is 11. The Morgan fingerprint density at radius 3 is 1.60 bits per heavy atom. The van der Waals surface area contributed by atoms with Gasteiger partial charge in [0.2, 0.25) is 0 Å². The number of unbranched alkanes of at least 4 members (excludes halogenated alkanes) is 9. The van der Waals surface area contributed by atoms with E-state index in [4.69, 9.17) is 5.14 Å². The first kappa shape index (κ1) is 15.3. The van der Waals surface area contributed by atoms with Crippen LogP contribution in [0.15, 0.2) is 0 Å². The van der Waals surface area contributed by atoms with E-state index in [1.54, 1.807) is 0 Å². The Labute approximate surface area is 98.3 Å². The van der Waals surface area contributed by atoms with Crippen LogP contribution in [0.25, 0.3) is 0 Å². The summed E-state index contributed by atoms with van der Waals surface area (Å²) < 4.78 is 10.6. The lowest BCUT2D eigenvalue weighted by molar-refractivity contribution is 0.558. The van der Waals surface area contributed by atoms with Gasteiger partial charge in [0.1, 0.15) is 5.75 Å². The van der Waals surface area contributed by atoms with Gasteiger partial charge >= 0.3 is 0 Å². The topological polar surface area (TPSA) is 49.1 Å². The second kappa shape index (κ2) is 12.3. The lowest BCUT2D eigenvalue weighted by atomic mass is 10.1. The molecule has 0 aliphatic heterocycles. The second-order valence-electron chi connectivity index (χ2n) is 4.27. The SMILES string of the molecule is CCCCCCCCCCCC[S+](N)[O-]. The van der Waals surface area contributed by atoms with Gasteiger partial charge in [0.05, 0.1) is 0 Å². The summed E-state index contributed by atoms with van der Waals surface area (Å²) in [6.07, 6.45) is 13.1. The molecule has 0 aromatic rings. The zero-order valence-corrected chi connectivity index (χ0v) is 11.0. The van der Waals surface area contributed by atoms with E-state index in [1.807, 2.05) is 0 Å². The molecule has 0 aromatic carbocycles. The summed E-state index contributed by atoms with van der Waals surface area (Å²) in [5.41, 5.74) is 0. The molecule has 0 heterocycles. The van der Waals surface area contributed by atoms with Crippen molar-refractivity contribution in [2.45, 2.75) is 71.1 Å². The molecule has 0 fully saturated rings. The normalized spacial score (nSPS) is 13.0. The summed E-state index contributed by atoms with van der Waals surface area (Å²) >= 11 is -1.08. The van der Waals surface area contributed by atoms with Crippen molar-refractivity contribution in [3.8, 4) is 0 Å². The smallest absolute Gasteiger partial charge is 0.125 e. The molecule has 0 bridgehead atoms. The molecular weight excluding hydrogens is 206 g/mol. The van der Waals surface area contributed by atoms with Gasteiger partial charge in [0.25, 0.3) is 0 Å². The van der Waals surface area contributed by atoms with Crippen LogP contribution in [0.5, 0.6) is 0 Å². The fourth-order valence-corrected chi connectivity index (χ4v) is 2.22. The molecule has 92 valence electrons. The van der Waals surface area contributed by atoms with Crippen molar-refractivity contribution < 1.29 is 4.55 Å². The zero-order chi connectivity index (χ0) is 11.4. The zero-order valence-electron chi connectivity index (χ0n) is 10.2. The number of nitrogens with two attached hydrogens (primary N) is 1. The standard InChI is InChI=1S/C12H27NOS/c1-2-3-4-5-6-7-8-9-10-11-12-15(13)14/h2-13H2,1H3.